The molecule has 0 saturated carbocycles. The first-order valence-corrected chi connectivity index (χ1v) is 9.65. The van der Waals surface area contributed by atoms with Crippen LogP contribution in [-0.2, 0) is 16.4 Å². The summed E-state index contributed by atoms with van der Waals surface area (Å²) in [6.45, 7) is 0. The lowest BCUT2D eigenvalue weighted by Gasteiger charge is -2.33. The number of hydrogen-bond donors (Lipinski definition) is 2. The van der Waals surface area contributed by atoms with Crippen molar-refractivity contribution in [3.8, 4) is 0 Å². The Bertz CT molecular complexity index is 879. The largest absolute Gasteiger partial charge is 0.322 e. The Morgan fingerprint density at radius 2 is 1.84 bits per heavy atom. The topological polar surface area (TPSA) is 92.5 Å². The monoisotopic (exact) mass is 359 g/mol. The van der Waals surface area contributed by atoms with Gasteiger partial charge in [0.15, 0.2) is 0 Å². The van der Waals surface area contributed by atoms with Crippen LogP contribution in [-0.4, -0.2) is 26.4 Å². The van der Waals surface area contributed by atoms with E-state index in [0.29, 0.717) is 5.69 Å². The number of urea groups is 1. The number of hydrogen-bond acceptors (Lipinski definition) is 3. The molecule has 1 aliphatic carbocycles. The smallest absolute Gasteiger partial charge is 0.321 e. The average Bonchev–Trinajstić information content (AvgIpc) is 2.60. The molecule has 25 heavy (non-hydrogen) atoms. The first kappa shape index (κ1) is 17.4. The average molecular weight is 359 g/mol. The van der Waals surface area contributed by atoms with Crippen molar-refractivity contribution in [1.29, 1.82) is 0 Å². The Hall–Kier alpha value is -2.38. The van der Waals surface area contributed by atoms with Crippen LogP contribution in [0.3, 0.4) is 0 Å². The maximum Gasteiger partial charge on any atom is 0.322 e. The van der Waals surface area contributed by atoms with Crippen molar-refractivity contribution >= 4 is 21.7 Å². The van der Waals surface area contributed by atoms with Gasteiger partial charge in [-0.15, -0.1) is 0 Å². The zero-order chi connectivity index (χ0) is 18.0. The molecule has 1 aliphatic rings. The van der Waals surface area contributed by atoms with E-state index in [1.165, 1.54) is 35.4 Å². The van der Waals surface area contributed by atoms with Gasteiger partial charge in [-0.2, -0.15) is 0 Å². The van der Waals surface area contributed by atoms with Crippen LogP contribution in [0.4, 0.5) is 10.5 Å². The maximum atomic E-state index is 12.6. The number of carbonyl (C=O) groups is 1. The highest BCUT2D eigenvalue weighted by Crippen LogP contribution is 2.33. The maximum absolute atomic E-state index is 12.6. The van der Waals surface area contributed by atoms with E-state index < -0.39 is 10.0 Å². The number of benzene rings is 2. The molecular formula is C18H21N3O3S. The number of nitrogens with two attached hydrogens (primary N) is 1. The SMILES string of the molecule is CN(C(=O)Nc1ccc(S(N)(=O)=O)cc1)[C@@H]1CCCc2ccccc21. The van der Waals surface area contributed by atoms with Crippen molar-refractivity contribution in [2.45, 2.75) is 30.2 Å². The van der Waals surface area contributed by atoms with Crippen molar-refractivity contribution in [2.75, 3.05) is 12.4 Å². The fraction of sp³-hybridized carbons (Fsp3) is 0.278. The van der Waals surface area contributed by atoms with Gasteiger partial charge in [0.05, 0.1) is 10.9 Å². The fourth-order valence-electron chi connectivity index (χ4n) is 3.21. The van der Waals surface area contributed by atoms with Gasteiger partial charge in [0.25, 0.3) is 0 Å². The number of rotatable bonds is 3. The molecule has 6 nitrogen and oxygen atoms in total. The molecule has 0 radical (unpaired) electrons. The van der Waals surface area contributed by atoms with Gasteiger partial charge in [-0.3, -0.25) is 0 Å². The summed E-state index contributed by atoms with van der Waals surface area (Å²) >= 11 is 0. The molecule has 2 aromatic rings. The molecule has 0 unspecified atom stereocenters. The molecule has 0 aliphatic heterocycles. The molecule has 7 heteroatoms. The molecular weight excluding hydrogens is 338 g/mol. The number of primary sulfonamides is 1. The lowest BCUT2D eigenvalue weighted by Crippen LogP contribution is -2.36. The number of sulfonamides is 1. The Morgan fingerprint density at radius 3 is 2.52 bits per heavy atom. The number of aryl methyl sites for hydroxylation is 1. The summed E-state index contributed by atoms with van der Waals surface area (Å²) in [5.74, 6) is 0. The predicted molar refractivity (Wildman–Crippen MR) is 96.7 cm³/mol. The standard InChI is InChI=1S/C18H21N3O3S/c1-21(17-8-4-6-13-5-2-3-7-16(13)17)18(22)20-14-9-11-15(12-10-14)25(19,23)24/h2-3,5,7,9-12,17H,4,6,8H2,1H3,(H,20,22)(H2,19,23,24)/t17-/m1/s1. The van der Waals surface area contributed by atoms with Crippen LogP contribution in [0.15, 0.2) is 53.4 Å². The second-order valence-corrected chi connectivity index (χ2v) is 7.78. The predicted octanol–water partition coefficient (Wildman–Crippen LogP) is 2.88. The van der Waals surface area contributed by atoms with E-state index in [4.69, 9.17) is 5.14 Å². The molecule has 3 N–H and O–H groups in total. The van der Waals surface area contributed by atoms with Gasteiger partial charge in [0, 0.05) is 12.7 Å². The summed E-state index contributed by atoms with van der Waals surface area (Å²) in [4.78, 5) is 14.3. The zero-order valence-electron chi connectivity index (χ0n) is 14.0. The Kier molecular flexibility index (Phi) is 4.78. The minimum atomic E-state index is -3.74. The second kappa shape index (κ2) is 6.85. The van der Waals surface area contributed by atoms with Gasteiger partial charge in [0.2, 0.25) is 10.0 Å². The van der Waals surface area contributed by atoms with Crippen LogP contribution in [0.1, 0.15) is 30.0 Å². The molecule has 132 valence electrons. The highest BCUT2D eigenvalue weighted by atomic mass is 32.2. The number of fused-ring (bicyclic) bond motifs is 1. The molecule has 0 aromatic heterocycles. The van der Waals surface area contributed by atoms with E-state index in [1.807, 2.05) is 12.1 Å². The van der Waals surface area contributed by atoms with Crippen LogP contribution in [0.2, 0.25) is 0 Å². The van der Waals surface area contributed by atoms with E-state index in [9.17, 15) is 13.2 Å². The van der Waals surface area contributed by atoms with E-state index in [2.05, 4.69) is 17.4 Å². The number of anilines is 1. The summed E-state index contributed by atoms with van der Waals surface area (Å²) in [5, 5.41) is 7.88. The fourth-order valence-corrected chi connectivity index (χ4v) is 3.73. The zero-order valence-corrected chi connectivity index (χ0v) is 14.8. The van der Waals surface area contributed by atoms with Gasteiger partial charge in [0.1, 0.15) is 0 Å². The molecule has 0 heterocycles. The van der Waals surface area contributed by atoms with Crippen LogP contribution in [0.5, 0.6) is 0 Å². The second-order valence-electron chi connectivity index (χ2n) is 6.22. The lowest BCUT2D eigenvalue weighted by molar-refractivity contribution is 0.197. The minimum Gasteiger partial charge on any atom is -0.321 e. The van der Waals surface area contributed by atoms with Crippen molar-refractivity contribution < 1.29 is 13.2 Å². The number of amides is 2. The Labute approximate surface area is 147 Å². The number of carbonyl (C=O) groups excluding carboxylic acids is 1. The number of nitrogens with one attached hydrogen (secondary N) is 1. The van der Waals surface area contributed by atoms with Crippen LogP contribution in [0, 0.1) is 0 Å². The van der Waals surface area contributed by atoms with E-state index in [-0.39, 0.29) is 17.0 Å². The summed E-state index contributed by atoms with van der Waals surface area (Å²) in [5.41, 5.74) is 3.00. The van der Waals surface area contributed by atoms with Gasteiger partial charge in [-0.1, -0.05) is 24.3 Å². The highest BCUT2D eigenvalue weighted by molar-refractivity contribution is 7.89. The van der Waals surface area contributed by atoms with Crippen molar-refractivity contribution in [3.63, 3.8) is 0 Å². The third-order valence-electron chi connectivity index (χ3n) is 4.56. The molecule has 0 fully saturated rings. The molecule has 0 spiro atoms. The van der Waals surface area contributed by atoms with Gasteiger partial charge in [-0.05, 0) is 54.7 Å². The molecule has 1 atom stereocenters. The highest BCUT2D eigenvalue weighted by Gasteiger charge is 2.26. The first-order chi connectivity index (χ1) is 11.9. The first-order valence-electron chi connectivity index (χ1n) is 8.11. The van der Waals surface area contributed by atoms with Crippen molar-refractivity contribution in [1.82, 2.24) is 4.90 Å². The van der Waals surface area contributed by atoms with Crippen LogP contribution < -0.4 is 10.5 Å². The third-order valence-corrected chi connectivity index (χ3v) is 5.49. The van der Waals surface area contributed by atoms with Gasteiger partial charge < -0.3 is 10.2 Å². The van der Waals surface area contributed by atoms with Gasteiger partial charge >= 0.3 is 6.03 Å². The van der Waals surface area contributed by atoms with Crippen LogP contribution >= 0.6 is 0 Å². The van der Waals surface area contributed by atoms with E-state index >= 15 is 0 Å². The van der Waals surface area contributed by atoms with Gasteiger partial charge in [-0.25, -0.2) is 18.4 Å². The van der Waals surface area contributed by atoms with Crippen LogP contribution in [0.25, 0.3) is 0 Å². The Balaban J connectivity index is 1.74. The summed E-state index contributed by atoms with van der Waals surface area (Å²) in [7, 11) is -1.96. The van der Waals surface area contributed by atoms with Crippen molar-refractivity contribution in [2.24, 2.45) is 5.14 Å². The minimum absolute atomic E-state index is 0.0139. The normalized spacial score (nSPS) is 16.8. The summed E-state index contributed by atoms with van der Waals surface area (Å²) in [6, 6.07) is 13.8. The molecule has 2 aromatic carbocycles. The molecule has 2 amide bonds. The molecule has 0 saturated heterocycles. The molecule has 3 rings (SSSR count). The quantitative estimate of drug-likeness (QED) is 0.882. The van der Waals surface area contributed by atoms with E-state index in [0.717, 1.165) is 19.3 Å². The Morgan fingerprint density at radius 1 is 1.16 bits per heavy atom. The molecule has 0 bridgehead atoms. The lowest BCUT2D eigenvalue weighted by atomic mass is 9.87. The van der Waals surface area contributed by atoms with Crippen molar-refractivity contribution in [3.05, 3.63) is 59.7 Å². The summed E-state index contributed by atoms with van der Waals surface area (Å²) < 4.78 is 22.6. The van der Waals surface area contributed by atoms with E-state index in [1.54, 1.807) is 11.9 Å². The summed E-state index contributed by atoms with van der Waals surface area (Å²) in [6.07, 6.45) is 3.00. The number of nitrogens with zero attached hydrogens (tertiary/aromatic N) is 1. The third kappa shape index (κ3) is 3.83.